The lowest BCUT2D eigenvalue weighted by Gasteiger charge is -2.15. The van der Waals surface area contributed by atoms with E-state index in [0.29, 0.717) is 27.1 Å². The van der Waals surface area contributed by atoms with Crippen LogP contribution in [-0.4, -0.2) is 19.7 Å². The van der Waals surface area contributed by atoms with Gasteiger partial charge in [-0.05, 0) is 49.4 Å². The van der Waals surface area contributed by atoms with Crippen LogP contribution in [0.4, 0.5) is 13.2 Å². The lowest BCUT2D eigenvalue weighted by molar-refractivity contribution is -0.137. The van der Waals surface area contributed by atoms with Crippen molar-refractivity contribution in [1.82, 2.24) is 19.7 Å². The minimum absolute atomic E-state index is 0.127. The van der Waals surface area contributed by atoms with E-state index in [1.54, 1.807) is 6.92 Å². The smallest absolute Gasteiger partial charge is 0.340 e. The maximum Gasteiger partial charge on any atom is 0.416 e. The zero-order valence-corrected chi connectivity index (χ0v) is 18.5. The van der Waals surface area contributed by atoms with Gasteiger partial charge in [0.15, 0.2) is 11.0 Å². The Bertz CT molecular complexity index is 1370. The maximum atomic E-state index is 13.6. The Morgan fingerprint density at radius 1 is 1.22 bits per heavy atom. The first-order valence-corrected chi connectivity index (χ1v) is 11.8. The van der Waals surface area contributed by atoms with E-state index < -0.39 is 11.7 Å². The quantitative estimate of drug-likeness (QED) is 0.292. The van der Waals surface area contributed by atoms with Crippen molar-refractivity contribution in [3.05, 3.63) is 62.3 Å². The Kier molecular flexibility index (Phi) is 5.32. The molecule has 1 aliphatic rings. The first-order chi connectivity index (χ1) is 15.3. The molecule has 0 fully saturated rings. The molecule has 0 amide bonds. The zero-order chi connectivity index (χ0) is 22.5. The Morgan fingerprint density at radius 2 is 2.03 bits per heavy atom. The third-order valence-corrected chi connectivity index (χ3v) is 7.41. The summed E-state index contributed by atoms with van der Waals surface area (Å²) >= 11 is 2.69. The van der Waals surface area contributed by atoms with Crippen molar-refractivity contribution in [2.75, 3.05) is 0 Å². The van der Waals surface area contributed by atoms with Crippen molar-refractivity contribution in [2.24, 2.45) is 0 Å². The van der Waals surface area contributed by atoms with E-state index in [1.807, 2.05) is 0 Å². The van der Waals surface area contributed by atoms with E-state index in [9.17, 15) is 18.0 Å². The molecule has 0 atom stereocenters. The van der Waals surface area contributed by atoms with E-state index in [1.165, 1.54) is 39.8 Å². The van der Waals surface area contributed by atoms with Crippen LogP contribution in [-0.2, 0) is 24.8 Å². The molecular weight excluding hydrogens is 461 g/mol. The summed E-state index contributed by atoms with van der Waals surface area (Å²) in [6.07, 6.45) is -0.808. The second-order valence-corrected chi connectivity index (χ2v) is 9.52. The first kappa shape index (κ1) is 21.2. The van der Waals surface area contributed by atoms with Gasteiger partial charge >= 0.3 is 6.18 Å². The predicted octanol–water partition coefficient (Wildman–Crippen LogP) is 5.33. The number of nitrogens with zero attached hydrogens (tertiary/aromatic N) is 4. The van der Waals surface area contributed by atoms with Gasteiger partial charge in [-0.2, -0.15) is 18.2 Å². The SMILES string of the molecule is Cc1nc(CSc2nc3sc4c(c3c(=O)n2-c2cccc(C(F)(F)F)c2)CCCC4)no1. The topological polar surface area (TPSA) is 73.8 Å². The van der Waals surface area contributed by atoms with E-state index in [2.05, 4.69) is 10.1 Å². The Hall–Kier alpha value is -2.66. The van der Waals surface area contributed by atoms with Gasteiger partial charge in [-0.3, -0.25) is 9.36 Å². The monoisotopic (exact) mass is 478 g/mol. The lowest BCUT2D eigenvalue weighted by Crippen LogP contribution is -2.22. The summed E-state index contributed by atoms with van der Waals surface area (Å²) in [5.41, 5.74) is -0.0544. The molecular formula is C21H17F3N4O2S2. The minimum atomic E-state index is -4.52. The number of hydrogen-bond acceptors (Lipinski definition) is 7. The molecule has 11 heteroatoms. The summed E-state index contributed by atoms with van der Waals surface area (Å²) < 4.78 is 46.3. The van der Waals surface area contributed by atoms with E-state index in [4.69, 9.17) is 9.51 Å². The number of hydrogen-bond donors (Lipinski definition) is 0. The number of fused-ring (bicyclic) bond motifs is 3. The van der Waals surface area contributed by atoms with Crippen molar-refractivity contribution in [2.45, 2.75) is 49.7 Å². The summed E-state index contributed by atoms with van der Waals surface area (Å²) in [7, 11) is 0. The van der Waals surface area contributed by atoms with Gasteiger partial charge in [0.25, 0.3) is 5.56 Å². The number of rotatable bonds is 4. The zero-order valence-electron chi connectivity index (χ0n) is 16.9. The van der Waals surface area contributed by atoms with Gasteiger partial charge in [0.1, 0.15) is 4.83 Å². The van der Waals surface area contributed by atoms with Crippen LogP contribution < -0.4 is 5.56 Å². The Morgan fingerprint density at radius 3 is 2.78 bits per heavy atom. The van der Waals surface area contributed by atoms with E-state index >= 15 is 0 Å². The third kappa shape index (κ3) is 3.83. The highest BCUT2D eigenvalue weighted by atomic mass is 32.2. The molecule has 0 saturated heterocycles. The van der Waals surface area contributed by atoms with Gasteiger partial charge < -0.3 is 4.52 Å². The molecule has 166 valence electrons. The molecule has 0 radical (unpaired) electrons. The van der Waals surface area contributed by atoms with E-state index in [-0.39, 0.29) is 17.0 Å². The fraction of sp³-hybridized carbons (Fsp3) is 0.333. The van der Waals surface area contributed by atoms with Gasteiger partial charge in [0.2, 0.25) is 5.89 Å². The van der Waals surface area contributed by atoms with Crippen molar-refractivity contribution >= 4 is 33.3 Å². The number of benzene rings is 1. The Balaban J connectivity index is 1.69. The molecule has 6 nitrogen and oxygen atoms in total. The van der Waals surface area contributed by atoms with Crippen LogP contribution in [0.3, 0.4) is 0 Å². The molecule has 0 spiro atoms. The number of thiophene rings is 1. The summed E-state index contributed by atoms with van der Waals surface area (Å²) in [6.45, 7) is 1.67. The van der Waals surface area contributed by atoms with Gasteiger partial charge in [-0.15, -0.1) is 11.3 Å². The number of aromatic nitrogens is 4. The highest BCUT2D eigenvalue weighted by Gasteiger charge is 2.31. The van der Waals surface area contributed by atoms with Gasteiger partial charge in [-0.1, -0.05) is 23.0 Å². The maximum absolute atomic E-state index is 13.6. The summed E-state index contributed by atoms with van der Waals surface area (Å²) in [6, 6.07) is 4.76. The second-order valence-electron chi connectivity index (χ2n) is 7.49. The molecule has 1 aromatic carbocycles. The molecule has 32 heavy (non-hydrogen) atoms. The van der Waals surface area contributed by atoms with Crippen LogP contribution in [0, 0.1) is 6.92 Å². The number of aryl methyl sites for hydroxylation is 3. The van der Waals surface area contributed by atoms with Crippen molar-refractivity contribution < 1.29 is 17.7 Å². The molecule has 3 heterocycles. The normalized spacial score (nSPS) is 14.1. The molecule has 4 aromatic rings. The molecule has 0 saturated carbocycles. The van der Waals surface area contributed by atoms with Gasteiger partial charge in [0, 0.05) is 11.8 Å². The highest BCUT2D eigenvalue weighted by molar-refractivity contribution is 7.98. The molecule has 3 aromatic heterocycles. The standard InChI is InChI=1S/C21H17F3N4O2S2/c1-11-25-16(27-30-11)10-31-20-26-18-17(14-7-2-3-8-15(14)32-18)19(29)28(20)13-6-4-5-12(9-13)21(22,23)24/h4-6,9H,2-3,7-8,10H2,1H3. The van der Waals surface area contributed by atoms with Crippen LogP contribution in [0.2, 0.25) is 0 Å². The molecule has 1 aliphatic carbocycles. The van der Waals surface area contributed by atoms with Crippen LogP contribution in [0.25, 0.3) is 15.9 Å². The largest absolute Gasteiger partial charge is 0.416 e. The molecule has 0 unspecified atom stereocenters. The molecule has 5 rings (SSSR count). The molecule has 0 N–H and O–H groups in total. The third-order valence-electron chi connectivity index (χ3n) is 5.29. The lowest BCUT2D eigenvalue weighted by atomic mass is 9.97. The molecule has 0 bridgehead atoms. The average Bonchev–Trinajstić information content (AvgIpc) is 3.34. The van der Waals surface area contributed by atoms with Crippen LogP contribution in [0.15, 0.2) is 38.7 Å². The summed E-state index contributed by atoms with van der Waals surface area (Å²) in [5, 5.41) is 4.66. The first-order valence-electron chi connectivity index (χ1n) is 9.98. The summed E-state index contributed by atoms with van der Waals surface area (Å²) in [5.74, 6) is 1.09. The van der Waals surface area contributed by atoms with Crippen molar-refractivity contribution in [1.29, 1.82) is 0 Å². The fourth-order valence-electron chi connectivity index (χ4n) is 3.86. The number of alkyl halides is 3. The van der Waals surface area contributed by atoms with Gasteiger partial charge in [0.05, 0.1) is 22.4 Å². The Labute approximate surface area is 188 Å². The van der Waals surface area contributed by atoms with E-state index in [0.717, 1.165) is 48.3 Å². The average molecular weight is 479 g/mol. The highest BCUT2D eigenvalue weighted by Crippen LogP contribution is 2.36. The van der Waals surface area contributed by atoms with Gasteiger partial charge in [-0.25, -0.2) is 4.98 Å². The number of thioether (sulfide) groups is 1. The summed E-state index contributed by atoms with van der Waals surface area (Å²) in [4.78, 5) is 24.3. The fourth-order valence-corrected chi connectivity index (χ4v) is 6.02. The van der Waals surface area contributed by atoms with Crippen molar-refractivity contribution in [3.8, 4) is 5.69 Å². The van der Waals surface area contributed by atoms with Crippen molar-refractivity contribution in [3.63, 3.8) is 0 Å². The second kappa shape index (κ2) is 8.04. The van der Waals surface area contributed by atoms with Crippen LogP contribution >= 0.6 is 23.1 Å². The minimum Gasteiger partial charge on any atom is -0.340 e. The molecule has 0 aliphatic heterocycles. The van der Waals surface area contributed by atoms with Crippen LogP contribution in [0.1, 0.15) is 40.6 Å². The van der Waals surface area contributed by atoms with Crippen LogP contribution in [0.5, 0.6) is 0 Å². The number of halogens is 3. The predicted molar refractivity (Wildman–Crippen MR) is 115 cm³/mol.